The number of rotatable bonds is 7. The van der Waals surface area contributed by atoms with Gasteiger partial charge in [-0.3, -0.25) is 4.79 Å². The zero-order chi connectivity index (χ0) is 16.7. The third-order valence-electron chi connectivity index (χ3n) is 4.92. The van der Waals surface area contributed by atoms with Gasteiger partial charge in [0.1, 0.15) is 5.75 Å². The molecule has 1 heterocycles. The Labute approximate surface area is 140 Å². The molecule has 1 saturated heterocycles. The fraction of sp³-hybridized carbons (Fsp3) is 0.632. The summed E-state index contributed by atoms with van der Waals surface area (Å²) in [5.41, 5.74) is 1.12. The number of ether oxygens (including phenoxy) is 1. The van der Waals surface area contributed by atoms with Gasteiger partial charge in [-0.15, -0.1) is 0 Å². The van der Waals surface area contributed by atoms with E-state index in [0.717, 1.165) is 49.7 Å². The van der Waals surface area contributed by atoms with Crippen molar-refractivity contribution in [1.29, 1.82) is 0 Å². The lowest BCUT2D eigenvalue weighted by Gasteiger charge is -2.32. The van der Waals surface area contributed by atoms with E-state index in [2.05, 4.69) is 18.3 Å². The van der Waals surface area contributed by atoms with Crippen LogP contribution in [0.25, 0.3) is 0 Å². The summed E-state index contributed by atoms with van der Waals surface area (Å²) in [6, 6.07) is 7.99. The molecule has 0 bridgehead atoms. The number of para-hydroxylation sites is 1. The number of amides is 1. The SMILES string of the molecule is CNCCC1CCN(C(=O)CC(C)c2ccccc2OC)CC1. The van der Waals surface area contributed by atoms with Gasteiger partial charge in [0, 0.05) is 19.5 Å². The summed E-state index contributed by atoms with van der Waals surface area (Å²) >= 11 is 0. The van der Waals surface area contributed by atoms with E-state index >= 15 is 0 Å². The van der Waals surface area contributed by atoms with E-state index in [1.54, 1.807) is 7.11 Å². The highest BCUT2D eigenvalue weighted by Crippen LogP contribution is 2.29. The molecule has 1 aromatic carbocycles. The van der Waals surface area contributed by atoms with Gasteiger partial charge < -0.3 is 15.0 Å². The number of nitrogens with zero attached hydrogens (tertiary/aromatic N) is 1. The van der Waals surface area contributed by atoms with Crippen LogP contribution in [0.4, 0.5) is 0 Å². The quantitative estimate of drug-likeness (QED) is 0.840. The van der Waals surface area contributed by atoms with Crippen LogP contribution >= 0.6 is 0 Å². The van der Waals surface area contributed by atoms with Crippen molar-refractivity contribution in [2.75, 3.05) is 33.8 Å². The minimum absolute atomic E-state index is 0.181. The molecule has 0 radical (unpaired) electrons. The van der Waals surface area contributed by atoms with Crippen LogP contribution < -0.4 is 10.1 Å². The Bertz CT molecular complexity index is 496. The van der Waals surface area contributed by atoms with Crippen molar-refractivity contribution in [3.05, 3.63) is 29.8 Å². The molecule has 0 aromatic heterocycles. The van der Waals surface area contributed by atoms with Crippen LogP contribution in [-0.2, 0) is 4.79 Å². The first-order valence-electron chi connectivity index (χ1n) is 8.71. The van der Waals surface area contributed by atoms with Crippen molar-refractivity contribution in [3.63, 3.8) is 0 Å². The Morgan fingerprint density at radius 2 is 2.04 bits per heavy atom. The first kappa shape index (κ1) is 17.8. The monoisotopic (exact) mass is 318 g/mol. The molecule has 1 N–H and O–H groups in total. The first-order chi connectivity index (χ1) is 11.2. The van der Waals surface area contributed by atoms with E-state index in [1.807, 2.05) is 30.1 Å². The highest BCUT2D eigenvalue weighted by Gasteiger charge is 2.24. The molecule has 0 saturated carbocycles. The number of piperidine rings is 1. The van der Waals surface area contributed by atoms with Crippen molar-refractivity contribution in [3.8, 4) is 5.75 Å². The van der Waals surface area contributed by atoms with Gasteiger partial charge in [-0.1, -0.05) is 25.1 Å². The van der Waals surface area contributed by atoms with Gasteiger partial charge in [0.25, 0.3) is 0 Å². The lowest BCUT2D eigenvalue weighted by atomic mass is 9.92. The minimum Gasteiger partial charge on any atom is -0.496 e. The summed E-state index contributed by atoms with van der Waals surface area (Å²) in [7, 11) is 3.68. The summed E-state index contributed by atoms with van der Waals surface area (Å²) in [6.07, 6.45) is 4.05. The Kier molecular flexibility index (Phi) is 6.90. The molecule has 23 heavy (non-hydrogen) atoms. The number of hydrogen-bond donors (Lipinski definition) is 1. The Balaban J connectivity index is 1.85. The van der Waals surface area contributed by atoms with E-state index in [1.165, 1.54) is 6.42 Å². The molecule has 1 atom stereocenters. The molecule has 1 amide bonds. The number of methoxy groups -OCH3 is 1. The van der Waals surface area contributed by atoms with Crippen LogP contribution in [0.5, 0.6) is 5.75 Å². The average Bonchev–Trinajstić information content (AvgIpc) is 2.60. The van der Waals surface area contributed by atoms with Gasteiger partial charge in [0.05, 0.1) is 7.11 Å². The largest absolute Gasteiger partial charge is 0.496 e. The number of carbonyl (C=O) groups is 1. The number of carbonyl (C=O) groups excluding carboxylic acids is 1. The predicted molar refractivity (Wildman–Crippen MR) is 93.9 cm³/mol. The summed E-state index contributed by atoms with van der Waals surface area (Å²) in [5, 5.41) is 3.21. The third-order valence-corrected chi connectivity index (χ3v) is 4.92. The Morgan fingerprint density at radius 1 is 1.35 bits per heavy atom. The van der Waals surface area contributed by atoms with Crippen LogP contribution in [0.3, 0.4) is 0 Å². The van der Waals surface area contributed by atoms with Crippen molar-refractivity contribution in [1.82, 2.24) is 10.2 Å². The van der Waals surface area contributed by atoms with Crippen molar-refractivity contribution >= 4 is 5.91 Å². The standard InChI is InChI=1S/C19H30N2O2/c1-15(17-6-4-5-7-18(17)23-3)14-19(22)21-12-9-16(10-13-21)8-11-20-2/h4-7,15-16,20H,8-14H2,1-3H3. The van der Waals surface area contributed by atoms with Crippen molar-refractivity contribution in [2.24, 2.45) is 5.92 Å². The van der Waals surface area contributed by atoms with E-state index < -0.39 is 0 Å². The maximum absolute atomic E-state index is 12.6. The highest BCUT2D eigenvalue weighted by molar-refractivity contribution is 5.77. The highest BCUT2D eigenvalue weighted by atomic mass is 16.5. The molecule has 1 aliphatic rings. The summed E-state index contributed by atoms with van der Waals surface area (Å²) in [4.78, 5) is 14.6. The Morgan fingerprint density at radius 3 is 2.70 bits per heavy atom. The molecule has 1 aliphatic heterocycles. The predicted octanol–water partition coefficient (Wildman–Crippen LogP) is 3.04. The van der Waals surface area contributed by atoms with Gasteiger partial charge in [0.15, 0.2) is 0 Å². The molecule has 1 aromatic rings. The first-order valence-corrected chi connectivity index (χ1v) is 8.71. The van der Waals surface area contributed by atoms with Gasteiger partial charge in [-0.25, -0.2) is 0 Å². The molecule has 128 valence electrons. The van der Waals surface area contributed by atoms with Gasteiger partial charge in [0.2, 0.25) is 5.91 Å². The van der Waals surface area contributed by atoms with E-state index in [0.29, 0.717) is 6.42 Å². The second-order valence-corrected chi connectivity index (χ2v) is 6.56. The molecule has 1 fully saturated rings. The van der Waals surface area contributed by atoms with Crippen molar-refractivity contribution < 1.29 is 9.53 Å². The summed E-state index contributed by atoms with van der Waals surface area (Å²) in [6.45, 7) is 5.00. The molecule has 4 nitrogen and oxygen atoms in total. The van der Waals surface area contributed by atoms with E-state index in [9.17, 15) is 4.79 Å². The van der Waals surface area contributed by atoms with Crippen LogP contribution in [-0.4, -0.2) is 44.6 Å². The smallest absolute Gasteiger partial charge is 0.223 e. The third kappa shape index (κ3) is 4.96. The molecular formula is C19H30N2O2. The number of benzene rings is 1. The van der Waals surface area contributed by atoms with E-state index in [4.69, 9.17) is 4.74 Å². The molecule has 0 spiro atoms. The fourth-order valence-electron chi connectivity index (χ4n) is 3.39. The van der Waals surface area contributed by atoms with Gasteiger partial charge >= 0.3 is 0 Å². The number of likely N-dealkylation sites (tertiary alicyclic amines) is 1. The lowest BCUT2D eigenvalue weighted by molar-refractivity contribution is -0.132. The summed E-state index contributed by atoms with van der Waals surface area (Å²) < 4.78 is 5.41. The maximum atomic E-state index is 12.6. The molecule has 0 aliphatic carbocycles. The summed E-state index contributed by atoms with van der Waals surface area (Å²) in [5.74, 6) is 2.09. The van der Waals surface area contributed by atoms with Crippen LogP contribution in [0.15, 0.2) is 24.3 Å². The molecular weight excluding hydrogens is 288 g/mol. The van der Waals surface area contributed by atoms with Crippen LogP contribution in [0, 0.1) is 5.92 Å². The van der Waals surface area contributed by atoms with E-state index in [-0.39, 0.29) is 11.8 Å². The minimum atomic E-state index is 0.181. The zero-order valence-corrected chi connectivity index (χ0v) is 14.7. The topological polar surface area (TPSA) is 41.6 Å². The molecule has 2 rings (SSSR count). The Hall–Kier alpha value is -1.55. The molecule has 1 unspecified atom stereocenters. The van der Waals surface area contributed by atoms with Gasteiger partial charge in [-0.2, -0.15) is 0 Å². The fourth-order valence-corrected chi connectivity index (χ4v) is 3.39. The molecule has 4 heteroatoms. The number of nitrogens with one attached hydrogen (secondary N) is 1. The second-order valence-electron chi connectivity index (χ2n) is 6.56. The van der Waals surface area contributed by atoms with Crippen molar-refractivity contribution in [2.45, 2.75) is 38.5 Å². The average molecular weight is 318 g/mol. The number of hydrogen-bond acceptors (Lipinski definition) is 3. The lowest BCUT2D eigenvalue weighted by Crippen LogP contribution is -2.39. The normalized spacial score (nSPS) is 17.1. The van der Waals surface area contributed by atoms with Crippen LogP contribution in [0.2, 0.25) is 0 Å². The van der Waals surface area contributed by atoms with Crippen LogP contribution in [0.1, 0.15) is 44.1 Å². The second kappa shape index (κ2) is 8.92. The zero-order valence-electron chi connectivity index (χ0n) is 14.7. The van der Waals surface area contributed by atoms with Gasteiger partial charge in [-0.05, 0) is 56.3 Å². The maximum Gasteiger partial charge on any atom is 0.223 e.